The molecule has 106 valence electrons. The molecular formula is C17H23N3. The van der Waals surface area contributed by atoms with Gasteiger partial charge in [-0.25, -0.2) is 4.98 Å². The number of aryl methyl sites for hydroxylation is 1. The van der Waals surface area contributed by atoms with E-state index in [-0.39, 0.29) is 0 Å². The summed E-state index contributed by atoms with van der Waals surface area (Å²) in [5.41, 5.74) is 4.12. The standard InChI is InChI=1S/C17H23N3/c1-3-4-9-18-17-19-13(2)11-20(17)12-15-10-14-7-5-6-8-16(14)15/h5-8,11,15H,3-4,9-10,12H2,1-2H3,(H,18,19). The molecule has 1 aliphatic rings. The van der Waals surface area contributed by atoms with Gasteiger partial charge in [-0.1, -0.05) is 37.6 Å². The van der Waals surface area contributed by atoms with Gasteiger partial charge in [-0.2, -0.15) is 0 Å². The molecule has 0 saturated heterocycles. The first-order valence-electron chi connectivity index (χ1n) is 7.63. The first kappa shape index (κ1) is 13.2. The summed E-state index contributed by atoms with van der Waals surface area (Å²) in [7, 11) is 0. The molecule has 0 radical (unpaired) electrons. The molecule has 0 spiro atoms. The number of benzene rings is 1. The first-order chi connectivity index (χ1) is 9.78. The molecule has 3 heteroatoms. The molecule has 20 heavy (non-hydrogen) atoms. The van der Waals surface area contributed by atoms with Crippen LogP contribution in [0.5, 0.6) is 0 Å². The molecule has 1 N–H and O–H groups in total. The fraction of sp³-hybridized carbons (Fsp3) is 0.471. The van der Waals surface area contributed by atoms with Crippen LogP contribution in [0, 0.1) is 6.92 Å². The van der Waals surface area contributed by atoms with Gasteiger partial charge >= 0.3 is 0 Å². The molecule has 0 aliphatic heterocycles. The van der Waals surface area contributed by atoms with Gasteiger partial charge in [-0.15, -0.1) is 0 Å². The second-order valence-electron chi connectivity index (χ2n) is 5.74. The molecule has 1 unspecified atom stereocenters. The molecule has 1 aliphatic carbocycles. The third-order valence-corrected chi connectivity index (χ3v) is 4.09. The highest BCUT2D eigenvalue weighted by Crippen LogP contribution is 2.36. The van der Waals surface area contributed by atoms with E-state index >= 15 is 0 Å². The molecule has 0 saturated carbocycles. The van der Waals surface area contributed by atoms with Crippen molar-refractivity contribution in [1.82, 2.24) is 9.55 Å². The van der Waals surface area contributed by atoms with E-state index in [0.29, 0.717) is 5.92 Å². The summed E-state index contributed by atoms with van der Waals surface area (Å²) in [5, 5.41) is 3.46. The van der Waals surface area contributed by atoms with Crippen molar-refractivity contribution in [3.05, 3.63) is 47.3 Å². The minimum Gasteiger partial charge on any atom is -0.356 e. The molecule has 1 aromatic carbocycles. The average molecular weight is 269 g/mol. The second kappa shape index (κ2) is 5.70. The predicted octanol–water partition coefficient (Wildman–Crippen LogP) is 3.74. The van der Waals surface area contributed by atoms with Crippen molar-refractivity contribution in [2.24, 2.45) is 0 Å². The van der Waals surface area contributed by atoms with E-state index in [9.17, 15) is 0 Å². The van der Waals surface area contributed by atoms with Crippen LogP contribution in [-0.4, -0.2) is 16.1 Å². The maximum absolute atomic E-state index is 4.60. The van der Waals surface area contributed by atoms with Crippen molar-refractivity contribution in [2.45, 2.75) is 45.6 Å². The number of hydrogen-bond acceptors (Lipinski definition) is 2. The highest BCUT2D eigenvalue weighted by atomic mass is 15.2. The molecule has 0 amide bonds. The first-order valence-corrected chi connectivity index (χ1v) is 7.63. The normalized spacial score (nSPS) is 16.6. The second-order valence-corrected chi connectivity index (χ2v) is 5.74. The number of fused-ring (bicyclic) bond motifs is 1. The molecule has 3 rings (SSSR count). The summed E-state index contributed by atoms with van der Waals surface area (Å²) in [6.45, 7) is 6.32. The van der Waals surface area contributed by atoms with Crippen molar-refractivity contribution in [3.63, 3.8) is 0 Å². The average Bonchev–Trinajstić information content (AvgIpc) is 2.77. The molecule has 1 atom stereocenters. The fourth-order valence-corrected chi connectivity index (χ4v) is 2.97. The third kappa shape index (κ3) is 2.58. The van der Waals surface area contributed by atoms with Crippen LogP contribution < -0.4 is 5.32 Å². The highest BCUT2D eigenvalue weighted by Gasteiger charge is 2.26. The quantitative estimate of drug-likeness (QED) is 0.810. The number of anilines is 1. The Bertz CT molecular complexity index is 586. The van der Waals surface area contributed by atoms with Gasteiger partial charge in [0, 0.05) is 25.2 Å². The Labute approximate surface area is 121 Å². The van der Waals surface area contributed by atoms with E-state index in [2.05, 4.69) is 59.2 Å². The molecule has 0 fully saturated rings. The summed E-state index contributed by atoms with van der Waals surface area (Å²) < 4.78 is 2.28. The summed E-state index contributed by atoms with van der Waals surface area (Å²) in [5.74, 6) is 1.67. The lowest BCUT2D eigenvalue weighted by Gasteiger charge is -2.30. The molecule has 3 nitrogen and oxygen atoms in total. The SMILES string of the molecule is CCCCNc1nc(C)cn1CC1Cc2ccccc21. The Morgan fingerprint density at radius 2 is 2.20 bits per heavy atom. The van der Waals surface area contributed by atoms with Crippen LogP contribution in [0.1, 0.15) is 42.5 Å². The monoisotopic (exact) mass is 269 g/mol. The van der Waals surface area contributed by atoms with Crippen molar-refractivity contribution in [1.29, 1.82) is 0 Å². The van der Waals surface area contributed by atoms with Gasteiger partial charge in [0.2, 0.25) is 5.95 Å². The number of rotatable bonds is 6. The van der Waals surface area contributed by atoms with Gasteiger partial charge in [0.15, 0.2) is 0 Å². The predicted molar refractivity (Wildman–Crippen MR) is 83.2 cm³/mol. The number of aromatic nitrogens is 2. The smallest absolute Gasteiger partial charge is 0.203 e. The van der Waals surface area contributed by atoms with Crippen LogP contribution >= 0.6 is 0 Å². The third-order valence-electron chi connectivity index (χ3n) is 4.09. The Morgan fingerprint density at radius 1 is 1.35 bits per heavy atom. The van der Waals surface area contributed by atoms with E-state index in [1.165, 1.54) is 30.4 Å². The van der Waals surface area contributed by atoms with Crippen LogP contribution in [0.3, 0.4) is 0 Å². The summed E-state index contributed by atoms with van der Waals surface area (Å²) in [4.78, 5) is 4.60. The number of nitrogens with zero attached hydrogens (tertiary/aromatic N) is 2. The van der Waals surface area contributed by atoms with Crippen molar-refractivity contribution >= 4 is 5.95 Å². The van der Waals surface area contributed by atoms with Crippen molar-refractivity contribution < 1.29 is 0 Å². The van der Waals surface area contributed by atoms with Gasteiger partial charge in [-0.3, -0.25) is 0 Å². The number of imidazole rings is 1. The molecule has 2 aromatic rings. The summed E-state index contributed by atoms with van der Waals surface area (Å²) >= 11 is 0. The lowest BCUT2D eigenvalue weighted by Crippen LogP contribution is -2.22. The van der Waals surface area contributed by atoms with Gasteiger partial charge in [0.25, 0.3) is 0 Å². The number of nitrogens with one attached hydrogen (secondary N) is 1. The van der Waals surface area contributed by atoms with E-state index in [4.69, 9.17) is 0 Å². The van der Waals surface area contributed by atoms with Crippen LogP contribution in [0.4, 0.5) is 5.95 Å². The Kier molecular flexibility index (Phi) is 3.77. The van der Waals surface area contributed by atoms with Crippen LogP contribution in [-0.2, 0) is 13.0 Å². The van der Waals surface area contributed by atoms with Gasteiger partial charge in [0.1, 0.15) is 0 Å². The zero-order valence-electron chi connectivity index (χ0n) is 12.4. The molecule has 0 bridgehead atoms. The van der Waals surface area contributed by atoms with E-state index in [1.54, 1.807) is 0 Å². The van der Waals surface area contributed by atoms with E-state index in [0.717, 1.165) is 24.7 Å². The Morgan fingerprint density at radius 3 is 3.00 bits per heavy atom. The largest absolute Gasteiger partial charge is 0.356 e. The van der Waals surface area contributed by atoms with Crippen molar-refractivity contribution in [2.75, 3.05) is 11.9 Å². The summed E-state index contributed by atoms with van der Waals surface area (Å²) in [6, 6.07) is 8.78. The topological polar surface area (TPSA) is 29.9 Å². The lowest BCUT2D eigenvalue weighted by molar-refractivity contribution is 0.511. The van der Waals surface area contributed by atoms with Crippen molar-refractivity contribution in [3.8, 4) is 0 Å². The van der Waals surface area contributed by atoms with Gasteiger partial charge < -0.3 is 9.88 Å². The highest BCUT2D eigenvalue weighted by molar-refractivity contribution is 5.40. The molecular weight excluding hydrogens is 246 g/mol. The Balaban J connectivity index is 1.69. The van der Waals surface area contributed by atoms with Crippen LogP contribution in [0.15, 0.2) is 30.5 Å². The van der Waals surface area contributed by atoms with Gasteiger partial charge in [-0.05, 0) is 30.9 Å². The van der Waals surface area contributed by atoms with Gasteiger partial charge in [0.05, 0.1) is 5.69 Å². The van der Waals surface area contributed by atoms with E-state index < -0.39 is 0 Å². The maximum Gasteiger partial charge on any atom is 0.203 e. The summed E-state index contributed by atoms with van der Waals surface area (Å²) in [6.07, 6.45) is 5.76. The number of hydrogen-bond donors (Lipinski definition) is 1. The van der Waals surface area contributed by atoms with Crippen LogP contribution in [0.25, 0.3) is 0 Å². The molecule has 1 aromatic heterocycles. The Hall–Kier alpha value is -1.77. The lowest BCUT2D eigenvalue weighted by atomic mass is 9.77. The fourth-order valence-electron chi connectivity index (χ4n) is 2.97. The molecule has 1 heterocycles. The van der Waals surface area contributed by atoms with E-state index in [1.807, 2.05) is 0 Å². The number of unbranched alkanes of at least 4 members (excludes halogenated alkanes) is 1. The maximum atomic E-state index is 4.60. The zero-order chi connectivity index (χ0) is 13.9. The zero-order valence-corrected chi connectivity index (χ0v) is 12.4. The minimum absolute atomic E-state index is 0.645. The minimum atomic E-state index is 0.645. The van der Waals surface area contributed by atoms with Crippen LogP contribution in [0.2, 0.25) is 0 Å².